The van der Waals surface area contributed by atoms with Gasteiger partial charge in [-0.3, -0.25) is 9.59 Å². The topological polar surface area (TPSA) is 43.4 Å². The molecule has 0 radical (unpaired) electrons. The molecule has 5 unspecified atom stereocenters. The molecule has 0 aromatic heterocycles. The van der Waals surface area contributed by atoms with Crippen LogP contribution in [0.4, 0.5) is 0 Å². The summed E-state index contributed by atoms with van der Waals surface area (Å²) in [6.07, 6.45) is 21.8. The van der Waals surface area contributed by atoms with Gasteiger partial charge < -0.3 is 4.74 Å². The number of unbranched alkanes of at least 4 members (excludes halogenated alkanes) is 8. The van der Waals surface area contributed by atoms with Crippen molar-refractivity contribution in [2.24, 2.45) is 29.6 Å². The lowest BCUT2D eigenvalue weighted by atomic mass is 9.78. The minimum Gasteiger partial charge on any atom is -0.469 e. The van der Waals surface area contributed by atoms with Crippen LogP contribution in [-0.4, -0.2) is 18.9 Å². The van der Waals surface area contributed by atoms with Crippen molar-refractivity contribution in [2.75, 3.05) is 7.11 Å². The van der Waals surface area contributed by atoms with Gasteiger partial charge in [-0.25, -0.2) is 0 Å². The Kier molecular flexibility index (Phi) is 8.56. The largest absolute Gasteiger partial charge is 0.469 e. The molecule has 5 atom stereocenters. The third-order valence-corrected chi connectivity index (χ3v) is 7.52. The van der Waals surface area contributed by atoms with Crippen molar-refractivity contribution in [1.29, 1.82) is 0 Å². The van der Waals surface area contributed by atoms with Crippen LogP contribution in [0.15, 0.2) is 23.8 Å². The molecule has 2 saturated carbocycles. The Balaban J connectivity index is 1.52. The van der Waals surface area contributed by atoms with Crippen molar-refractivity contribution in [3.63, 3.8) is 0 Å². The highest BCUT2D eigenvalue weighted by Crippen LogP contribution is 2.59. The lowest BCUT2D eigenvalue weighted by Gasteiger charge is -2.25. The first kappa shape index (κ1) is 22.3. The van der Waals surface area contributed by atoms with Crippen molar-refractivity contribution in [2.45, 2.75) is 90.4 Å². The zero-order chi connectivity index (χ0) is 20.6. The van der Waals surface area contributed by atoms with Crippen molar-refractivity contribution in [3.8, 4) is 0 Å². The minimum absolute atomic E-state index is 0.121. The molecule has 2 fully saturated rings. The standard InChI is InChI=1S/C26H40O3/c1-3-4-5-6-7-10-13-21-22(14-11-8-9-12-15-23(27)29-2)26(28)25-20-17-16-19(18-20)24(21)25/h14,16-17,19-21,24-25H,3-13,15,18H2,1-2H3/b22-14-. The second-order valence-corrected chi connectivity index (χ2v) is 9.41. The number of methoxy groups -OCH3 is 1. The molecule has 3 aliphatic rings. The number of ketones is 1. The fraction of sp³-hybridized carbons (Fsp3) is 0.769. The van der Waals surface area contributed by atoms with Gasteiger partial charge in [-0.1, -0.05) is 70.1 Å². The van der Waals surface area contributed by atoms with Gasteiger partial charge in [-0.2, -0.15) is 0 Å². The van der Waals surface area contributed by atoms with Gasteiger partial charge in [0.05, 0.1) is 7.11 Å². The number of hydrogen-bond acceptors (Lipinski definition) is 3. The molecule has 0 aromatic rings. The van der Waals surface area contributed by atoms with Crippen molar-refractivity contribution in [1.82, 2.24) is 0 Å². The van der Waals surface area contributed by atoms with Crippen LogP contribution in [0.25, 0.3) is 0 Å². The first-order valence-corrected chi connectivity index (χ1v) is 12.2. The Morgan fingerprint density at radius 1 is 1.03 bits per heavy atom. The van der Waals surface area contributed by atoms with E-state index >= 15 is 0 Å². The van der Waals surface area contributed by atoms with E-state index in [-0.39, 0.29) is 11.9 Å². The molecular formula is C26H40O3. The fourth-order valence-electron chi connectivity index (χ4n) is 6.06. The van der Waals surface area contributed by atoms with Gasteiger partial charge in [0.1, 0.15) is 0 Å². The smallest absolute Gasteiger partial charge is 0.305 e. The summed E-state index contributed by atoms with van der Waals surface area (Å²) in [4.78, 5) is 24.5. The summed E-state index contributed by atoms with van der Waals surface area (Å²) in [5.41, 5.74) is 1.17. The van der Waals surface area contributed by atoms with E-state index in [1.54, 1.807) is 0 Å². The molecule has 3 heteroatoms. The molecule has 0 heterocycles. The maximum absolute atomic E-state index is 13.2. The lowest BCUT2D eigenvalue weighted by Crippen LogP contribution is -2.21. The molecule has 3 aliphatic carbocycles. The highest BCUT2D eigenvalue weighted by atomic mass is 16.5. The van der Waals surface area contributed by atoms with Gasteiger partial charge in [-0.15, -0.1) is 0 Å². The summed E-state index contributed by atoms with van der Waals surface area (Å²) in [6.45, 7) is 2.26. The molecule has 0 aliphatic heterocycles. The first-order valence-electron chi connectivity index (χ1n) is 12.2. The average molecular weight is 401 g/mol. The summed E-state index contributed by atoms with van der Waals surface area (Å²) in [5, 5.41) is 0. The number of Topliss-reactive ketones (excluding diaryl/α,β-unsaturated/α-hetero) is 1. The Bertz CT molecular complexity index is 617. The molecule has 2 bridgehead atoms. The van der Waals surface area contributed by atoms with Gasteiger partial charge in [0, 0.05) is 12.3 Å². The number of allylic oxidation sites excluding steroid dienone is 4. The van der Waals surface area contributed by atoms with E-state index in [1.165, 1.54) is 64.0 Å². The Hall–Kier alpha value is -1.38. The van der Waals surface area contributed by atoms with E-state index in [1.807, 2.05) is 0 Å². The number of ether oxygens (including phenoxy) is 1. The normalized spacial score (nSPS) is 31.0. The van der Waals surface area contributed by atoms with E-state index < -0.39 is 0 Å². The Labute approximate surface area is 177 Å². The highest BCUT2D eigenvalue weighted by Gasteiger charge is 2.57. The summed E-state index contributed by atoms with van der Waals surface area (Å²) < 4.78 is 4.70. The molecule has 0 saturated heterocycles. The van der Waals surface area contributed by atoms with Crippen LogP contribution < -0.4 is 0 Å². The van der Waals surface area contributed by atoms with Crippen LogP contribution in [0.3, 0.4) is 0 Å². The number of hydrogen-bond donors (Lipinski definition) is 0. The van der Waals surface area contributed by atoms with Crippen molar-refractivity contribution < 1.29 is 14.3 Å². The second-order valence-electron chi connectivity index (χ2n) is 9.41. The summed E-state index contributed by atoms with van der Waals surface area (Å²) in [7, 11) is 1.45. The van der Waals surface area contributed by atoms with Crippen LogP contribution in [-0.2, 0) is 14.3 Å². The minimum atomic E-state index is -0.121. The molecule has 29 heavy (non-hydrogen) atoms. The van der Waals surface area contributed by atoms with Gasteiger partial charge in [0.15, 0.2) is 5.78 Å². The monoisotopic (exact) mass is 400 g/mol. The van der Waals surface area contributed by atoms with E-state index in [4.69, 9.17) is 4.74 Å². The predicted molar refractivity (Wildman–Crippen MR) is 117 cm³/mol. The maximum atomic E-state index is 13.2. The lowest BCUT2D eigenvalue weighted by molar-refractivity contribution is -0.140. The molecule has 162 valence electrons. The van der Waals surface area contributed by atoms with Crippen molar-refractivity contribution in [3.05, 3.63) is 23.8 Å². The highest BCUT2D eigenvalue weighted by molar-refractivity contribution is 6.01. The van der Waals surface area contributed by atoms with E-state index in [9.17, 15) is 9.59 Å². The molecule has 3 rings (SSSR count). The first-order chi connectivity index (χ1) is 14.2. The molecule has 3 nitrogen and oxygen atoms in total. The van der Waals surface area contributed by atoms with Crippen LogP contribution >= 0.6 is 0 Å². The van der Waals surface area contributed by atoms with Gasteiger partial charge >= 0.3 is 5.97 Å². The number of rotatable bonds is 13. The Morgan fingerprint density at radius 2 is 1.76 bits per heavy atom. The average Bonchev–Trinajstić information content (AvgIpc) is 3.41. The van der Waals surface area contributed by atoms with E-state index in [2.05, 4.69) is 25.2 Å². The number of carbonyl (C=O) groups is 2. The van der Waals surface area contributed by atoms with Crippen LogP contribution in [0.5, 0.6) is 0 Å². The maximum Gasteiger partial charge on any atom is 0.305 e. The summed E-state index contributed by atoms with van der Waals surface area (Å²) in [5.74, 6) is 2.86. The predicted octanol–water partition coefficient (Wildman–Crippen LogP) is 6.42. The zero-order valence-corrected chi connectivity index (χ0v) is 18.5. The molecule has 0 spiro atoms. The number of carbonyl (C=O) groups excluding carboxylic acids is 2. The van der Waals surface area contributed by atoms with E-state index in [0.717, 1.165) is 25.7 Å². The van der Waals surface area contributed by atoms with Gasteiger partial charge in [0.25, 0.3) is 0 Å². The molecule has 0 aromatic carbocycles. The molecule has 0 N–H and O–H groups in total. The van der Waals surface area contributed by atoms with Gasteiger partial charge in [0.2, 0.25) is 0 Å². The molecule has 0 amide bonds. The third kappa shape index (κ3) is 5.41. The zero-order valence-electron chi connectivity index (χ0n) is 18.5. The second kappa shape index (κ2) is 11.1. The van der Waals surface area contributed by atoms with Crippen LogP contribution in [0, 0.1) is 29.6 Å². The van der Waals surface area contributed by atoms with E-state index in [0.29, 0.717) is 35.9 Å². The fourth-order valence-corrected chi connectivity index (χ4v) is 6.06. The Morgan fingerprint density at radius 3 is 2.55 bits per heavy atom. The molecular weight excluding hydrogens is 360 g/mol. The van der Waals surface area contributed by atoms with Crippen LogP contribution in [0.1, 0.15) is 90.4 Å². The number of esters is 1. The SMILES string of the molecule is CCCCCCCCC1/C(=C/CCCCCC(=O)OC)C(=O)C2C3C=CC(C3)C12. The summed E-state index contributed by atoms with van der Waals surface area (Å²) in [6, 6.07) is 0. The van der Waals surface area contributed by atoms with Crippen molar-refractivity contribution >= 4 is 11.8 Å². The van der Waals surface area contributed by atoms with Crippen LogP contribution in [0.2, 0.25) is 0 Å². The van der Waals surface area contributed by atoms with Gasteiger partial charge in [-0.05, 0) is 61.3 Å². The quantitative estimate of drug-likeness (QED) is 0.155. The third-order valence-electron chi connectivity index (χ3n) is 7.52. The summed E-state index contributed by atoms with van der Waals surface area (Å²) >= 11 is 0. The number of fused-ring (bicyclic) bond motifs is 5.